The Morgan fingerprint density at radius 3 is 1.53 bits per heavy atom. The standard InChI is InChI=1S/C25H47NO6/c1-3-4-5-6-7-8-9-10-11-12-13-14-15-16-17-18-24(29)31-20-23(28)21-32-25(30)19-26-22(2)27/h23,28H,3-21H2,1-2H3,(H,26,27). The second kappa shape index (κ2) is 22.6. The Bertz CT molecular complexity index is 483. The Balaban J connectivity index is 3.37. The van der Waals surface area contributed by atoms with E-state index in [1.807, 2.05) is 0 Å². The number of carbonyl (C=O) groups excluding carboxylic acids is 3. The number of amides is 1. The van der Waals surface area contributed by atoms with Crippen molar-refractivity contribution in [1.82, 2.24) is 5.32 Å². The Morgan fingerprint density at radius 2 is 1.09 bits per heavy atom. The number of esters is 2. The topological polar surface area (TPSA) is 102 Å². The molecule has 0 aromatic carbocycles. The van der Waals surface area contributed by atoms with E-state index < -0.39 is 12.1 Å². The van der Waals surface area contributed by atoms with Crippen molar-refractivity contribution in [3.63, 3.8) is 0 Å². The van der Waals surface area contributed by atoms with E-state index in [-0.39, 0.29) is 31.6 Å². The molecule has 32 heavy (non-hydrogen) atoms. The van der Waals surface area contributed by atoms with Crippen LogP contribution in [0.25, 0.3) is 0 Å². The SMILES string of the molecule is CCCCCCCCCCCCCCCCCC(=O)OCC(O)COC(=O)CNC(C)=O. The van der Waals surface area contributed by atoms with E-state index in [2.05, 4.69) is 12.2 Å². The molecule has 2 N–H and O–H groups in total. The minimum atomic E-state index is -1.07. The van der Waals surface area contributed by atoms with Gasteiger partial charge in [0.05, 0.1) is 0 Å². The van der Waals surface area contributed by atoms with Crippen molar-refractivity contribution < 1.29 is 29.0 Å². The van der Waals surface area contributed by atoms with Crippen LogP contribution in [0, 0.1) is 0 Å². The first-order valence-corrected chi connectivity index (χ1v) is 12.7. The first-order chi connectivity index (χ1) is 15.5. The molecule has 0 radical (unpaired) electrons. The Labute approximate surface area is 195 Å². The van der Waals surface area contributed by atoms with Gasteiger partial charge in [0.15, 0.2) is 0 Å². The third-order valence-corrected chi connectivity index (χ3v) is 5.34. The Hall–Kier alpha value is -1.63. The first kappa shape index (κ1) is 30.4. The lowest BCUT2D eigenvalue weighted by molar-refractivity contribution is -0.152. The molecule has 0 aromatic heterocycles. The number of nitrogens with one attached hydrogen (secondary N) is 1. The molecule has 7 nitrogen and oxygen atoms in total. The van der Waals surface area contributed by atoms with E-state index in [4.69, 9.17) is 9.47 Å². The van der Waals surface area contributed by atoms with Gasteiger partial charge in [-0.3, -0.25) is 14.4 Å². The lowest BCUT2D eigenvalue weighted by Crippen LogP contribution is -2.31. The molecule has 0 aliphatic rings. The molecule has 0 spiro atoms. The Morgan fingerprint density at radius 1 is 0.688 bits per heavy atom. The maximum atomic E-state index is 11.7. The predicted molar refractivity (Wildman–Crippen MR) is 126 cm³/mol. The van der Waals surface area contributed by atoms with Crippen LogP contribution >= 0.6 is 0 Å². The summed E-state index contributed by atoms with van der Waals surface area (Å²) < 4.78 is 9.79. The molecule has 0 fully saturated rings. The van der Waals surface area contributed by atoms with E-state index >= 15 is 0 Å². The van der Waals surface area contributed by atoms with E-state index in [0.29, 0.717) is 6.42 Å². The second-order valence-corrected chi connectivity index (χ2v) is 8.63. The van der Waals surface area contributed by atoms with Crippen LogP contribution in [0.5, 0.6) is 0 Å². The molecule has 1 amide bonds. The normalized spacial score (nSPS) is 11.7. The zero-order valence-electron chi connectivity index (χ0n) is 20.5. The van der Waals surface area contributed by atoms with Crippen molar-refractivity contribution in [2.75, 3.05) is 19.8 Å². The summed E-state index contributed by atoms with van der Waals surface area (Å²) in [5.74, 6) is -1.33. The van der Waals surface area contributed by atoms with Crippen molar-refractivity contribution in [3.05, 3.63) is 0 Å². The van der Waals surface area contributed by atoms with Gasteiger partial charge in [0.25, 0.3) is 0 Å². The highest BCUT2D eigenvalue weighted by atomic mass is 16.6. The van der Waals surface area contributed by atoms with Gasteiger partial charge in [-0.2, -0.15) is 0 Å². The number of aliphatic hydroxyl groups is 1. The summed E-state index contributed by atoms with van der Waals surface area (Å²) in [5.41, 5.74) is 0. The van der Waals surface area contributed by atoms with Crippen LogP contribution in [0.2, 0.25) is 0 Å². The lowest BCUT2D eigenvalue weighted by Gasteiger charge is -2.12. The highest BCUT2D eigenvalue weighted by molar-refractivity contribution is 5.80. The molecule has 1 atom stereocenters. The number of hydrogen-bond acceptors (Lipinski definition) is 6. The summed E-state index contributed by atoms with van der Waals surface area (Å²) in [5, 5.41) is 12.0. The monoisotopic (exact) mass is 457 g/mol. The molecule has 0 bridgehead atoms. The summed E-state index contributed by atoms with van der Waals surface area (Å²) >= 11 is 0. The van der Waals surface area contributed by atoms with E-state index in [1.54, 1.807) is 0 Å². The summed E-state index contributed by atoms with van der Waals surface area (Å²) in [6.45, 7) is 2.82. The molecule has 0 saturated carbocycles. The molecule has 0 aliphatic heterocycles. The molecular weight excluding hydrogens is 410 g/mol. The number of carbonyl (C=O) groups is 3. The number of unbranched alkanes of at least 4 members (excludes halogenated alkanes) is 14. The molecule has 0 saturated heterocycles. The molecule has 0 aromatic rings. The Kier molecular flexibility index (Phi) is 21.4. The molecule has 0 heterocycles. The third-order valence-electron chi connectivity index (χ3n) is 5.34. The van der Waals surface area contributed by atoms with Crippen molar-refractivity contribution in [2.24, 2.45) is 0 Å². The van der Waals surface area contributed by atoms with Crippen LogP contribution in [0.3, 0.4) is 0 Å². The average Bonchev–Trinajstić information content (AvgIpc) is 2.77. The van der Waals surface area contributed by atoms with Crippen LogP contribution in [0.4, 0.5) is 0 Å². The molecule has 0 aliphatic carbocycles. The maximum absolute atomic E-state index is 11.7. The van der Waals surface area contributed by atoms with Crippen molar-refractivity contribution in [3.8, 4) is 0 Å². The highest BCUT2D eigenvalue weighted by Gasteiger charge is 2.12. The second-order valence-electron chi connectivity index (χ2n) is 8.63. The zero-order chi connectivity index (χ0) is 23.9. The number of rotatable bonds is 22. The fourth-order valence-electron chi connectivity index (χ4n) is 3.39. The van der Waals surface area contributed by atoms with Gasteiger partial charge in [-0.1, -0.05) is 96.8 Å². The minimum absolute atomic E-state index is 0.203. The summed E-state index contributed by atoms with van der Waals surface area (Å²) in [4.78, 5) is 33.7. The van der Waals surface area contributed by atoms with Gasteiger partial charge in [-0.25, -0.2) is 0 Å². The van der Waals surface area contributed by atoms with Crippen molar-refractivity contribution in [2.45, 2.75) is 123 Å². The van der Waals surface area contributed by atoms with Crippen LogP contribution < -0.4 is 5.32 Å². The minimum Gasteiger partial charge on any atom is -0.463 e. The number of ether oxygens (including phenoxy) is 2. The van der Waals surface area contributed by atoms with Crippen LogP contribution in [-0.2, 0) is 23.9 Å². The smallest absolute Gasteiger partial charge is 0.325 e. The van der Waals surface area contributed by atoms with Gasteiger partial charge in [-0.05, 0) is 6.42 Å². The molecule has 1 unspecified atom stereocenters. The number of hydrogen-bond donors (Lipinski definition) is 2. The van der Waals surface area contributed by atoms with E-state index in [0.717, 1.165) is 19.3 Å². The van der Waals surface area contributed by atoms with E-state index in [9.17, 15) is 19.5 Å². The van der Waals surface area contributed by atoms with Gasteiger partial charge < -0.3 is 19.9 Å². The molecular formula is C25H47NO6. The quantitative estimate of drug-likeness (QED) is 0.178. The fraction of sp³-hybridized carbons (Fsp3) is 0.880. The molecule has 7 heteroatoms. The van der Waals surface area contributed by atoms with Crippen LogP contribution in [0.15, 0.2) is 0 Å². The summed E-state index contributed by atoms with van der Waals surface area (Å²) in [6, 6.07) is 0. The summed E-state index contributed by atoms with van der Waals surface area (Å²) in [6.07, 6.45) is 18.4. The molecule has 188 valence electrons. The van der Waals surface area contributed by atoms with Gasteiger partial charge in [0, 0.05) is 13.3 Å². The maximum Gasteiger partial charge on any atom is 0.325 e. The largest absolute Gasteiger partial charge is 0.463 e. The van der Waals surface area contributed by atoms with Gasteiger partial charge >= 0.3 is 11.9 Å². The first-order valence-electron chi connectivity index (χ1n) is 12.7. The third kappa shape index (κ3) is 23.0. The van der Waals surface area contributed by atoms with Gasteiger partial charge in [-0.15, -0.1) is 0 Å². The predicted octanol–water partition coefficient (Wildman–Crippen LogP) is 4.83. The fourth-order valence-corrected chi connectivity index (χ4v) is 3.39. The van der Waals surface area contributed by atoms with E-state index in [1.165, 1.54) is 84.0 Å². The lowest BCUT2D eigenvalue weighted by atomic mass is 10.0. The summed E-state index contributed by atoms with van der Waals surface area (Å²) in [7, 11) is 0. The number of aliphatic hydroxyl groups excluding tert-OH is 1. The van der Waals surface area contributed by atoms with Crippen molar-refractivity contribution >= 4 is 17.8 Å². The van der Waals surface area contributed by atoms with Crippen LogP contribution in [0.1, 0.15) is 117 Å². The van der Waals surface area contributed by atoms with Crippen molar-refractivity contribution in [1.29, 1.82) is 0 Å². The zero-order valence-corrected chi connectivity index (χ0v) is 20.5. The van der Waals surface area contributed by atoms with Gasteiger partial charge in [0.1, 0.15) is 25.9 Å². The van der Waals surface area contributed by atoms with Gasteiger partial charge in [0.2, 0.25) is 5.91 Å². The molecule has 0 rings (SSSR count). The highest BCUT2D eigenvalue weighted by Crippen LogP contribution is 2.13. The van der Waals surface area contributed by atoms with Crippen LogP contribution in [-0.4, -0.2) is 48.8 Å². The average molecular weight is 458 g/mol.